The third kappa shape index (κ3) is 2.65. The van der Waals surface area contributed by atoms with E-state index in [9.17, 15) is 13.6 Å². The van der Waals surface area contributed by atoms with Gasteiger partial charge in [-0.25, -0.2) is 8.78 Å². The predicted molar refractivity (Wildman–Crippen MR) is 49.6 cm³/mol. The van der Waals surface area contributed by atoms with Gasteiger partial charge in [-0.1, -0.05) is 0 Å². The molecule has 0 heterocycles. The number of hydrogen-bond donors (Lipinski definition) is 1. The van der Waals surface area contributed by atoms with Gasteiger partial charge in [-0.2, -0.15) is 0 Å². The molecule has 0 saturated heterocycles. The van der Waals surface area contributed by atoms with Gasteiger partial charge >= 0.3 is 5.97 Å². The molecule has 3 nitrogen and oxygen atoms in total. The minimum Gasteiger partial charge on any atom is -0.465 e. The van der Waals surface area contributed by atoms with E-state index in [-0.39, 0.29) is 32.3 Å². The number of rotatable bonds is 3. The minimum absolute atomic E-state index is 0.00463. The summed E-state index contributed by atoms with van der Waals surface area (Å²) in [5.74, 6) is -3.26. The van der Waals surface area contributed by atoms with E-state index < -0.39 is 23.9 Å². The zero-order chi connectivity index (χ0) is 11.5. The van der Waals surface area contributed by atoms with Gasteiger partial charge in [0, 0.05) is 12.8 Å². The highest BCUT2D eigenvalue weighted by atomic mass is 19.3. The number of carbonyl (C=O) groups excluding carboxylic acids is 1. The molecule has 0 aromatic heterocycles. The van der Waals surface area contributed by atoms with Crippen LogP contribution < -0.4 is 0 Å². The first kappa shape index (κ1) is 12.4. The quantitative estimate of drug-likeness (QED) is 0.740. The number of esters is 1. The molecule has 0 amide bonds. The van der Waals surface area contributed by atoms with Crippen LogP contribution >= 0.6 is 0 Å². The average molecular weight is 222 g/mol. The normalized spacial score (nSPS) is 23.5. The second-order valence-corrected chi connectivity index (χ2v) is 4.01. The number of ether oxygens (including phenoxy) is 1. The van der Waals surface area contributed by atoms with Crippen molar-refractivity contribution in [2.45, 2.75) is 38.5 Å². The van der Waals surface area contributed by atoms with Gasteiger partial charge in [-0.05, 0) is 19.8 Å². The number of aliphatic hydroxyl groups is 1. The number of aliphatic hydroxyl groups excluding tert-OH is 1. The van der Waals surface area contributed by atoms with Crippen molar-refractivity contribution in [2.75, 3.05) is 13.2 Å². The average Bonchev–Trinajstić information content (AvgIpc) is 2.19. The van der Waals surface area contributed by atoms with Gasteiger partial charge in [0.1, 0.15) is 0 Å². The van der Waals surface area contributed by atoms with Gasteiger partial charge < -0.3 is 9.84 Å². The summed E-state index contributed by atoms with van der Waals surface area (Å²) in [6.45, 7) is 1.44. The van der Waals surface area contributed by atoms with Crippen molar-refractivity contribution < 1.29 is 23.4 Å². The van der Waals surface area contributed by atoms with Crippen LogP contribution in [-0.4, -0.2) is 30.2 Å². The molecule has 88 valence electrons. The fourth-order valence-corrected chi connectivity index (χ4v) is 1.81. The number of hydrogen-bond acceptors (Lipinski definition) is 3. The van der Waals surface area contributed by atoms with E-state index in [1.165, 1.54) is 0 Å². The summed E-state index contributed by atoms with van der Waals surface area (Å²) in [5.41, 5.74) is -1.10. The van der Waals surface area contributed by atoms with Crippen molar-refractivity contribution in [1.82, 2.24) is 0 Å². The van der Waals surface area contributed by atoms with Crippen molar-refractivity contribution in [1.29, 1.82) is 0 Å². The molecule has 1 rings (SSSR count). The maximum absolute atomic E-state index is 12.9. The molecular weight excluding hydrogens is 206 g/mol. The van der Waals surface area contributed by atoms with Crippen LogP contribution in [0, 0.1) is 5.41 Å². The molecule has 5 heteroatoms. The van der Waals surface area contributed by atoms with Crippen LogP contribution in [-0.2, 0) is 9.53 Å². The van der Waals surface area contributed by atoms with E-state index >= 15 is 0 Å². The van der Waals surface area contributed by atoms with Gasteiger partial charge in [0.2, 0.25) is 5.92 Å². The maximum atomic E-state index is 12.9. The van der Waals surface area contributed by atoms with Crippen molar-refractivity contribution in [3.63, 3.8) is 0 Å². The highest BCUT2D eigenvalue weighted by Crippen LogP contribution is 2.44. The molecule has 1 N–H and O–H groups in total. The summed E-state index contributed by atoms with van der Waals surface area (Å²) >= 11 is 0. The van der Waals surface area contributed by atoms with Crippen molar-refractivity contribution in [3.05, 3.63) is 0 Å². The molecule has 0 bridgehead atoms. The Balaban J connectivity index is 2.68. The molecule has 0 radical (unpaired) electrons. The molecule has 1 saturated carbocycles. The second-order valence-electron chi connectivity index (χ2n) is 4.01. The Hall–Kier alpha value is -0.710. The number of alkyl halides is 2. The highest BCUT2D eigenvalue weighted by molar-refractivity contribution is 5.77. The Bertz CT molecular complexity index is 231. The lowest BCUT2D eigenvalue weighted by atomic mass is 9.73. The molecule has 1 aliphatic carbocycles. The zero-order valence-electron chi connectivity index (χ0n) is 8.76. The lowest BCUT2D eigenvalue weighted by Gasteiger charge is -2.36. The summed E-state index contributed by atoms with van der Waals surface area (Å²) in [7, 11) is 0. The van der Waals surface area contributed by atoms with Gasteiger partial charge in [0.05, 0.1) is 18.6 Å². The first-order valence-electron chi connectivity index (χ1n) is 5.12. The fraction of sp³-hybridized carbons (Fsp3) is 0.900. The molecule has 15 heavy (non-hydrogen) atoms. The first-order chi connectivity index (χ1) is 6.96. The smallest absolute Gasteiger partial charge is 0.314 e. The standard InChI is InChI=1S/C10H16F2O3/c1-2-15-8(14)9(7-13)3-5-10(11,12)6-4-9/h13H,2-7H2,1H3. The van der Waals surface area contributed by atoms with E-state index in [0.29, 0.717) is 0 Å². The van der Waals surface area contributed by atoms with Crippen LogP contribution in [0.4, 0.5) is 8.78 Å². The van der Waals surface area contributed by atoms with Crippen LogP contribution in [0.5, 0.6) is 0 Å². The number of halogens is 2. The molecular formula is C10H16F2O3. The minimum atomic E-state index is -2.70. The lowest BCUT2D eigenvalue weighted by Crippen LogP contribution is -2.42. The van der Waals surface area contributed by atoms with E-state index in [2.05, 4.69) is 0 Å². The lowest BCUT2D eigenvalue weighted by molar-refractivity contribution is -0.166. The van der Waals surface area contributed by atoms with E-state index in [0.717, 1.165) is 0 Å². The summed E-state index contributed by atoms with van der Waals surface area (Å²) in [4.78, 5) is 11.5. The summed E-state index contributed by atoms with van der Waals surface area (Å²) in [5, 5.41) is 9.16. The molecule has 0 unspecified atom stereocenters. The molecule has 1 aliphatic rings. The van der Waals surface area contributed by atoms with Crippen molar-refractivity contribution in [3.8, 4) is 0 Å². The molecule has 0 atom stereocenters. The topological polar surface area (TPSA) is 46.5 Å². The Morgan fingerprint density at radius 2 is 1.87 bits per heavy atom. The van der Waals surface area contributed by atoms with E-state index in [4.69, 9.17) is 9.84 Å². The Morgan fingerprint density at radius 1 is 1.33 bits per heavy atom. The van der Waals surface area contributed by atoms with Crippen LogP contribution in [0.3, 0.4) is 0 Å². The van der Waals surface area contributed by atoms with Crippen LogP contribution in [0.1, 0.15) is 32.6 Å². The first-order valence-corrected chi connectivity index (χ1v) is 5.12. The molecule has 0 aliphatic heterocycles. The predicted octanol–water partition coefficient (Wildman–Crippen LogP) is 1.74. The Kier molecular flexibility index (Phi) is 3.65. The Labute approximate surface area is 87.4 Å². The van der Waals surface area contributed by atoms with E-state index in [1.54, 1.807) is 6.92 Å². The summed E-state index contributed by atoms with van der Waals surface area (Å²) in [6, 6.07) is 0. The van der Waals surface area contributed by atoms with Crippen LogP contribution in [0.15, 0.2) is 0 Å². The van der Waals surface area contributed by atoms with Crippen molar-refractivity contribution >= 4 is 5.97 Å². The third-order valence-electron chi connectivity index (χ3n) is 2.95. The van der Waals surface area contributed by atoms with Gasteiger partial charge in [0.15, 0.2) is 0 Å². The number of carbonyl (C=O) groups is 1. The van der Waals surface area contributed by atoms with Gasteiger partial charge in [0.25, 0.3) is 0 Å². The summed E-state index contributed by atoms with van der Waals surface area (Å²) in [6.07, 6.45) is -0.719. The van der Waals surface area contributed by atoms with Gasteiger partial charge in [-0.15, -0.1) is 0 Å². The molecule has 1 fully saturated rings. The maximum Gasteiger partial charge on any atom is 0.314 e. The van der Waals surface area contributed by atoms with Crippen LogP contribution in [0.25, 0.3) is 0 Å². The molecule has 0 aromatic rings. The van der Waals surface area contributed by atoms with Crippen molar-refractivity contribution in [2.24, 2.45) is 5.41 Å². The molecule has 0 aromatic carbocycles. The zero-order valence-corrected chi connectivity index (χ0v) is 8.76. The highest BCUT2D eigenvalue weighted by Gasteiger charge is 2.48. The third-order valence-corrected chi connectivity index (χ3v) is 2.95. The monoisotopic (exact) mass is 222 g/mol. The second kappa shape index (κ2) is 4.43. The van der Waals surface area contributed by atoms with E-state index in [1.807, 2.05) is 0 Å². The SMILES string of the molecule is CCOC(=O)C1(CO)CCC(F)(F)CC1. The van der Waals surface area contributed by atoms with Crippen LogP contribution in [0.2, 0.25) is 0 Å². The molecule has 0 spiro atoms. The Morgan fingerprint density at radius 3 is 2.27 bits per heavy atom. The van der Waals surface area contributed by atoms with Gasteiger partial charge in [-0.3, -0.25) is 4.79 Å². The fourth-order valence-electron chi connectivity index (χ4n) is 1.81. The largest absolute Gasteiger partial charge is 0.465 e. The summed E-state index contributed by atoms with van der Waals surface area (Å²) < 4.78 is 30.6.